The predicted molar refractivity (Wildman–Crippen MR) is 69.1 cm³/mol. The van der Waals surface area contributed by atoms with Gasteiger partial charge in [-0.2, -0.15) is 0 Å². The van der Waals surface area contributed by atoms with Crippen LogP contribution >= 0.6 is 0 Å². The fourth-order valence-corrected chi connectivity index (χ4v) is 1.54. The number of methoxy groups -OCH3 is 1. The summed E-state index contributed by atoms with van der Waals surface area (Å²) in [4.78, 5) is 14.0. The van der Waals surface area contributed by atoms with Crippen LogP contribution in [0.3, 0.4) is 0 Å². The number of hydrogen-bond acceptors (Lipinski definition) is 5. The summed E-state index contributed by atoms with van der Waals surface area (Å²) in [5.74, 6) is 0.160. The van der Waals surface area contributed by atoms with Gasteiger partial charge in [0.15, 0.2) is 5.69 Å². The van der Waals surface area contributed by atoms with Gasteiger partial charge in [0.05, 0.1) is 6.61 Å². The highest BCUT2D eigenvalue weighted by Gasteiger charge is 2.21. The van der Waals surface area contributed by atoms with Gasteiger partial charge in [-0.15, -0.1) is 10.2 Å². The molecule has 1 unspecified atom stereocenters. The second kappa shape index (κ2) is 6.90. The lowest BCUT2D eigenvalue weighted by molar-refractivity contribution is 0.0607. The summed E-state index contributed by atoms with van der Waals surface area (Å²) in [6, 6.07) is 3.30. The molecule has 1 aromatic heterocycles. The van der Waals surface area contributed by atoms with E-state index < -0.39 is 0 Å². The molecule has 0 aromatic carbocycles. The zero-order chi connectivity index (χ0) is 13.5. The van der Waals surface area contributed by atoms with Gasteiger partial charge in [-0.25, -0.2) is 0 Å². The van der Waals surface area contributed by atoms with Crippen LogP contribution in [-0.4, -0.2) is 47.3 Å². The fraction of sp³-hybridized carbons (Fsp3) is 0.583. The van der Waals surface area contributed by atoms with Crippen molar-refractivity contribution >= 4 is 11.7 Å². The number of nitrogens with zero attached hydrogens (tertiary/aromatic N) is 3. The summed E-state index contributed by atoms with van der Waals surface area (Å²) < 4.78 is 5.02. The zero-order valence-electron chi connectivity index (χ0n) is 11.1. The minimum Gasteiger partial charge on any atom is -0.383 e. The Morgan fingerprint density at radius 3 is 2.72 bits per heavy atom. The SMILES string of the molecule is CCC(C)N(CCOC)C(=O)c1ccc(N)nn1. The first-order valence-corrected chi connectivity index (χ1v) is 5.99. The smallest absolute Gasteiger partial charge is 0.274 e. The minimum absolute atomic E-state index is 0.131. The van der Waals surface area contributed by atoms with Crippen LogP contribution in [-0.2, 0) is 4.74 Å². The molecule has 6 heteroatoms. The van der Waals surface area contributed by atoms with Gasteiger partial charge in [0.25, 0.3) is 5.91 Å². The van der Waals surface area contributed by atoms with E-state index in [1.807, 2.05) is 13.8 Å². The maximum atomic E-state index is 12.3. The second-order valence-electron chi connectivity index (χ2n) is 4.09. The number of nitrogens with two attached hydrogens (primary N) is 1. The molecule has 1 aromatic rings. The Kier molecular flexibility index (Phi) is 5.51. The van der Waals surface area contributed by atoms with E-state index in [0.717, 1.165) is 6.42 Å². The van der Waals surface area contributed by atoms with Crippen LogP contribution in [0.5, 0.6) is 0 Å². The number of anilines is 1. The molecule has 18 heavy (non-hydrogen) atoms. The molecule has 0 saturated carbocycles. The van der Waals surface area contributed by atoms with Crippen LogP contribution in [0, 0.1) is 0 Å². The highest BCUT2D eigenvalue weighted by molar-refractivity contribution is 5.92. The maximum Gasteiger partial charge on any atom is 0.274 e. The van der Waals surface area contributed by atoms with Crippen molar-refractivity contribution < 1.29 is 9.53 Å². The van der Waals surface area contributed by atoms with E-state index in [9.17, 15) is 4.79 Å². The molecular weight excluding hydrogens is 232 g/mol. The number of carbonyl (C=O) groups is 1. The Morgan fingerprint density at radius 2 is 2.22 bits per heavy atom. The molecule has 6 nitrogen and oxygen atoms in total. The Labute approximate surface area is 107 Å². The molecule has 1 rings (SSSR count). The van der Waals surface area contributed by atoms with Gasteiger partial charge < -0.3 is 15.4 Å². The maximum absolute atomic E-state index is 12.3. The van der Waals surface area contributed by atoms with Crippen molar-refractivity contribution in [1.82, 2.24) is 15.1 Å². The normalized spacial score (nSPS) is 12.2. The van der Waals surface area contributed by atoms with Crippen LogP contribution in [0.1, 0.15) is 30.8 Å². The summed E-state index contributed by atoms with van der Waals surface area (Å²) in [5.41, 5.74) is 5.76. The Bertz CT molecular complexity index is 380. The van der Waals surface area contributed by atoms with Gasteiger partial charge in [0, 0.05) is 19.7 Å². The Morgan fingerprint density at radius 1 is 1.50 bits per heavy atom. The average Bonchev–Trinajstić information content (AvgIpc) is 2.39. The lowest BCUT2D eigenvalue weighted by Crippen LogP contribution is -2.41. The van der Waals surface area contributed by atoms with Crippen molar-refractivity contribution in [3.8, 4) is 0 Å². The first-order valence-electron chi connectivity index (χ1n) is 5.99. The van der Waals surface area contributed by atoms with Crippen LogP contribution in [0.2, 0.25) is 0 Å². The number of hydrogen-bond donors (Lipinski definition) is 1. The fourth-order valence-electron chi connectivity index (χ4n) is 1.54. The zero-order valence-corrected chi connectivity index (χ0v) is 11.1. The molecule has 1 amide bonds. The van der Waals surface area contributed by atoms with Crippen LogP contribution in [0.4, 0.5) is 5.82 Å². The largest absolute Gasteiger partial charge is 0.383 e. The summed E-state index contributed by atoms with van der Waals surface area (Å²) in [6.07, 6.45) is 0.873. The topological polar surface area (TPSA) is 81.3 Å². The third-order valence-electron chi connectivity index (χ3n) is 2.82. The molecule has 0 spiro atoms. The van der Waals surface area contributed by atoms with Gasteiger partial charge in [-0.05, 0) is 25.5 Å². The number of carbonyl (C=O) groups excluding carboxylic acids is 1. The third-order valence-corrected chi connectivity index (χ3v) is 2.82. The highest BCUT2D eigenvalue weighted by Crippen LogP contribution is 2.09. The van der Waals surface area contributed by atoms with Crippen molar-refractivity contribution in [3.63, 3.8) is 0 Å². The molecule has 2 N–H and O–H groups in total. The number of ether oxygens (including phenoxy) is 1. The molecule has 1 heterocycles. The number of rotatable bonds is 6. The molecule has 0 aliphatic heterocycles. The summed E-state index contributed by atoms with van der Waals surface area (Å²) in [6.45, 7) is 5.07. The summed E-state index contributed by atoms with van der Waals surface area (Å²) in [7, 11) is 1.61. The molecule has 0 fully saturated rings. The predicted octanol–water partition coefficient (Wildman–Crippen LogP) is 0.946. The van der Waals surface area contributed by atoms with E-state index in [4.69, 9.17) is 10.5 Å². The lowest BCUT2D eigenvalue weighted by atomic mass is 10.2. The quantitative estimate of drug-likeness (QED) is 0.815. The number of amides is 1. The minimum atomic E-state index is -0.145. The van der Waals surface area contributed by atoms with Gasteiger partial charge >= 0.3 is 0 Å². The first-order chi connectivity index (χ1) is 8.60. The van der Waals surface area contributed by atoms with Crippen molar-refractivity contribution in [2.45, 2.75) is 26.3 Å². The number of aromatic nitrogens is 2. The van der Waals surface area contributed by atoms with Crippen molar-refractivity contribution in [1.29, 1.82) is 0 Å². The molecule has 0 radical (unpaired) electrons. The van der Waals surface area contributed by atoms with E-state index in [0.29, 0.717) is 24.7 Å². The highest BCUT2D eigenvalue weighted by atomic mass is 16.5. The van der Waals surface area contributed by atoms with Gasteiger partial charge in [-0.3, -0.25) is 4.79 Å². The molecular formula is C12H20N4O2. The van der Waals surface area contributed by atoms with Gasteiger partial charge in [-0.1, -0.05) is 6.92 Å². The second-order valence-corrected chi connectivity index (χ2v) is 4.09. The van der Waals surface area contributed by atoms with E-state index in [-0.39, 0.29) is 11.9 Å². The lowest BCUT2D eigenvalue weighted by Gasteiger charge is -2.27. The monoisotopic (exact) mass is 252 g/mol. The molecule has 0 aliphatic carbocycles. The van der Waals surface area contributed by atoms with Crippen LogP contribution in [0.25, 0.3) is 0 Å². The van der Waals surface area contributed by atoms with Crippen molar-refractivity contribution in [2.24, 2.45) is 0 Å². The summed E-state index contributed by atoms with van der Waals surface area (Å²) in [5, 5.41) is 7.51. The van der Waals surface area contributed by atoms with E-state index in [1.165, 1.54) is 0 Å². The molecule has 0 bridgehead atoms. The molecule has 0 aliphatic rings. The van der Waals surface area contributed by atoms with Crippen molar-refractivity contribution in [2.75, 3.05) is 26.0 Å². The Balaban J connectivity index is 2.83. The van der Waals surface area contributed by atoms with Crippen molar-refractivity contribution in [3.05, 3.63) is 17.8 Å². The van der Waals surface area contributed by atoms with Crippen LogP contribution in [0.15, 0.2) is 12.1 Å². The molecule has 0 saturated heterocycles. The van der Waals surface area contributed by atoms with Crippen LogP contribution < -0.4 is 5.73 Å². The van der Waals surface area contributed by atoms with E-state index >= 15 is 0 Å². The Hall–Kier alpha value is -1.69. The third kappa shape index (κ3) is 3.66. The van der Waals surface area contributed by atoms with E-state index in [2.05, 4.69) is 10.2 Å². The van der Waals surface area contributed by atoms with E-state index in [1.54, 1.807) is 24.1 Å². The van der Waals surface area contributed by atoms with Gasteiger partial charge in [0.1, 0.15) is 5.82 Å². The number of nitrogen functional groups attached to an aromatic ring is 1. The molecule has 100 valence electrons. The molecule has 1 atom stereocenters. The van der Waals surface area contributed by atoms with Gasteiger partial charge in [0.2, 0.25) is 0 Å². The summed E-state index contributed by atoms with van der Waals surface area (Å²) >= 11 is 0. The standard InChI is InChI=1S/C12H20N4O2/c1-4-9(2)16(7-8-18-3)12(17)10-5-6-11(13)15-14-10/h5-6,9H,4,7-8H2,1-3H3,(H2,13,15). The average molecular weight is 252 g/mol. The first kappa shape index (κ1) is 14.4.